The molecule has 8 aromatic carbocycles. The number of hydrogen-bond acceptors (Lipinski definition) is 10. The minimum atomic E-state index is -0.219. The van der Waals surface area contributed by atoms with Crippen molar-refractivity contribution in [2.75, 3.05) is 54.9 Å². The topological polar surface area (TPSA) is 142 Å². The third kappa shape index (κ3) is 27.0. The summed E-state index contributed by atoms with van der Waals surface area (Å²) in [5, 5.41) is 52.3. The summed E-state index contributed by atoms with van der Waals surface area (Å²) in [4.78, 5) is 0. The van der Waals surface area contributed by atoms with Crippen molar-refractivity contribution < 1.29 is 108 Å². The van der Waals surface area contributed by atoms with Gasteiger partial charge in [0.25, 0.3) is 0 Å². The zero-order chi connectivity index (χ0) is 83.9. The number of methoxy groups -OCH3 is 4. The Morgan fingerprint density at radius 1 is 0.281 bits per heavy atom. The molecule has 2 N–H and O–H groups in total. The van der Waals surface area contributed by atoms with Crippen molar-refractivity contribution in [2.24, 2.45) is 0 Å². The van der Waals surface area contributed by atoms with Gasteiger partial charge >= 0.3 is 59.1 Å². The molecule has 610 valence electrons. The first-order valence-electron chi connectivity index (χ1n) is 40.8. The summed E-state index contributed by atoms with van der Waals surface area (Å²) >= 11 is 0. The van der Waals surface area contributed by atoms with Crippen molar-refractivity contribution in [1.29, 1.82) is 0 Å². The van der Waals surface area contributed by atoms with Crippen molar-refractivity contribution >= 4 is 22.3 Å². The quantitative estimate of drug-likeness (QED) is 0.0579. The standard InChI is InChI=1S/2C44H56O4.C6H14.2C4H8O.2Na/c2*1-41(2,3)27-15-19-35(45)31(23-27)39(33-25-29(43(7,8)9)17-21-37(33)47-13)40(32-24-28(42(4,5)6)16-20-36(32)46)34-26-30(44(10,11)12)18-22-38(34)48-14;1-3-5-6-4-2;2*1-2-4-5-3-1;;/h2*15-26,45-46H,1-14H3;3-6H2,1-2H3;2*1-4H2;;/q;;;;;2*+1/p-2/b2*40-39-;;;;;. The molecule has 0 atom stereocenters. The van der Waals surface area contributed by atoms with Crippen LogP contribution in [0.2, 0.25) is 0 Å². The number of phenolic OH excluding ortho intramolecular Hbond substituents is 2. The maximum Gasteiger partial charge on any atom is 1.00 e. The predicted octanol–water partition coefficient (Wildman–Crippen LogP) is 19.5. The number of hydrogen-bond donors (Lipinski definition) is 2. The molecule has 114 heavy (non-hydrogen) atoms. The van der Waals surface area contributed by atoms with E-state index >= 15 is 0 Å². The van der Waals surface area contributed by atoms with Crippen molar-refractivity contribution in [1.82, 2.24) is 0 Å². The smallest absolute Gasteiger partial charge is 0.872 e. The molecule has 8 aromatic rings. The first-order valence-corrected chi connectivity index (χ1v) is 40.8. The van der Waals surface area contributed by atoms with Crippen LogP contribution in [-0.2, 0) is 52.8 Å². The minimum absolute atomic E-state index is 0. The molecule has 0 radical (unpaired) electrons. The van der Waals surface area contributed by atoms with Crippen LogP contribution < -0.4 is 88.3 Å². The van der Waals surface area contributed by atoms with Crippen LogP contribution in [0, 0.1) is 0 Å². The van der Waals surface area contributed by atoms with Crippen molar-refractivity contribution in [2.45, 2.75) is 275 Å². The number of aromatic hydroxyl groups is 2. The SMILES string of the molecule is C1CCOC1.C1CCOC1.CCCCCC.COc1ccc(C(C)(C)C)cc1/C(=C(/c1cc(C(C)(C)C)ccc1O)c1cc(C(C)(C)C)ccc1OC)c1cc(C(C)(C)C)ccc1[O-].COc1ccc(C(C)(C)C)cc1/C(=C(/c1cc(C(C)(C)C)ccc1O)c1cc(C(C)(C)C)ccc1OC)c1cc(C(C)(C)C)ccc1[O-].[Na+].[Na+]. The van der Waals surface area contributed by atoms with Crippen LogP contribution in [-0.4, -0.2) is 65.1 Å². The van der Waals surface area contributed by atoms with E-state index in [2.05, 4.69) is 241 Å². The molecule has 2 saturated heterocycles. The van der Waals surface area contributed by atoms with Gasteiger partial charge in [-0.25, -0.2) is 0 Å². The molecule has 0 amide bonds. The maximum absolute atomic E-state index is 14.3. The molecule has 0 spiro atoms. The monoisotopic (exact) mass is 1570 g/mol. The number of unbranched alkanes of at least 4 members (excludes halogenated alkanes) is 3. The first-order chi connectivity index (χ1) is 52.1. The van der Waals surface area contributed by atoms with E-state index in [4.69, 9.17) is 28.4 Å². The molecule has 2 fully saturated rings. The number of ether oxygens (including phenoxy) is 6. The van der Waals surface area contributed by atoms with Crippen LogP contribution in [0.25, 0.3) is 22.3 Å². The Hall–Kier alpha value is -6.44. The Morgan fingerprint density at radius 3 is 0.632 bits per heavy atom. The molecule has 2 heterocycles. The second kappa shape index (κ2) is 42.3. The van der Waals surface area contributed by atoms with Gasteiger partial charge in [-0.2, -0.15) is 0 Å². The van der Waals surface area contributed by atoms with Gasteiger partial charge in [-0.05, 0) is 197 Å². The second-order valence-corrected chi connectivity index (χ2v) is 38.4. The summed E-state index contributed by atoms with van der Waals surface area (Å²) in [5.74, 6) is 2.55. The summed E-state index contributed by atoms with van der Waals surface area (Å²) in [6.07, 6.45) is 10.6. The molecule has 0 aliphatic carbocycles. The van der Waals surface area contributed by atoms with E-state index < -0.39 is 0 Å². The van der Waals surface area contributed by atoms with E-state index in [-0.39, 0.29) is 125 Å². The molecule has 0 aromatic heterocycles. The second-order valence-electron chi connectivity index (χ2n) is 38.4. The molecular weight excluding hydrogens is 1430 g/mol. The summed E-state index contributed by atoms with van der Waals surface area (Å²) in [5.41, 5.74) is 15.2. The number of rotatable bonds is 15. The zero-order valence-corrected chi connectivity index (χ0v) is 80.5. The largest absolute Gasteiger partial charge is 1.00 e. The number of benzene rings is 8. The fourth-order valence-corrected chi connectivity index (χ4v) is 13.4. The molecule has 2 aliphatic heterocycles. The minimum Gasteiger partial charge on any atom is -0.872 e. The van der Waals surface area contributed by atoms with Crippen LogP contribution in [0.5, 0.6) is 46.0 Å². The normalized spacial score (nSPS) is 13.8. The van der Waals surface area contributed by atoms with Gasteiger partial charge in [0.2, 0.25) is 0 Å². The van der Waals surface area contributed by atoms with E-state index in [1.807, 2.05) is 60.7 Å². The first kappa shape index (κ1) is 99.9. The Kier molecular flexibility index (Phi) is 37.1. The Labute approximate surface area is 734 Å². The fourth-order valence-electron chi connectivity index (χ4n) is 13.4. The maximum atomic E-state index is 14.3. The van der Waals surface area contributed by atoms with Gasteiger partial charge < -0.3 is 48.8 Å². The molecular formula is C102H140Na2O10. The van der Waals surface area contributed by atoms with Gasteiger partial charge in [-0.3, -0.25) is 0 Å². The molecule has 10 rings (SSSR count). The van der Waals surface area contributed by atoms with Crippen molar-refractivity contribution in [3.63, 3.8) is 0 Å². The summed E-state index contributed by atoms with van der Waals surface area (Å²) in [7, 11) is 6.65. The van der Waals surface area contributed by atoms with Gasteiger partial charge in [0.05, 0.1) is 28.4 Å². The molecule has 0 bridgehead atoms. The van der Waals surface area contributed by atoms with Crippen LogP contribution in [0.1, 0.15) is 320 Å². The molecule has 2 aliphatic rings. The molecule has 12 heteroatoms. The van der Waals surface area contributed by atoms with E-state index in [1.165, 1.54) is 51.4 Å². The van der Waals surface area contributed by atoms with E-state index in [9.17, 15) is 20.4 Å². The molecule has 10 nitrogen and oxygen atoms in total. The van der Waals surface area contributed by atoms with Crippen LogP contribution >= 0.6 is 0 Å². The van der Waals surface area contributed by atoms with Gasteiger partial charge in [-0.1, -0.05) is 278 Å². The number of phenols is 2. The van der Waals surface area contributed by atoms with Crippen LogP contribution in [0.3, 0.4) is 0 Å². The third-order valence-electron chi connectivity index (χ3n) is 20.9. The van der Waals surface area contributed by atoms with E-state index in [0.29, 0.717) is 67.5 Å². The Bertz CT molecular complexity index is 3920. The van der Waals surface area contributed by atoms with E-state index in [0.717, 1.165) is 93.2 Å². The van der Waals surface area contributed by atoms with Gasteiger partial charge in [-0.15, -0.1) is 11.5 Å². The van der Waals surface area contributed by atoms with Gasteiger partial charge in [0, 0.05) is 82.1 Å². The average molecular weight is 1570 g/mol. The summed E-state index contributed by atoms with van der Waals surface area (Å²) in [6, 6.07) is 47.7. The third-order valence-corrected chi connectivity index (χ3v) is 20.9. The van der Waals surface area contributed by atoms with Crippen molar-refractivity contribution in [3.8, 4) is 46.0 Å². The zero-order valence-electron chi connectivity index (χ0n) is 76.5. The Balaban J connectivity index is 0.000000394. The fraction of sp³-hybridized carbons (Fsp3) is 0.490. The van der Waals surface area contributed by atoms with Crippen LogP contribution in [0.4, 0.5) is 0 Å². The van der Waals surface area contributed by atoms with E-state index in [1.54, 1.807) is 52.7 Å². The van der Waals surface area contributed by atoms with Crippen LogP contribution in [0.15, 0.2) is 146 Å². The molecule has 0 unspecified atom stereocenters. The van der Waals surface area contributed by atoms with Gasteiger partial charge in [0.15, 0.2) is 0 Å². The summed E-state index contributed by atoms with van der Waals surface area (Å²) in [6.45, 7) is 60.5. The molecule has 0 saturated carbocycles. The van der Waals surface area contributed by atoms with Crippen molar-refractivity contribution in [3.05, 3.63) is 235 Å². The predicted molar refractivity (Wildman–Crippen MR) is 470 cm³/mol. The summed E-state index contributed by atoms with van der Waals surface area (Å²) < 4.78 is 34.2. The average Bonchev–Trinajstić information content (AvgIpc) is 1.66. The van der Waals surface area contributed by atoms with Gasteiger partial charge in [0.1, 0.15) is 34.5 Å². The Morgan fingerprint density at radius 2 is 0.456 bits per heavy atom.